The largest absolute Gasteiger partial charge is 0.312 e. The van der Waals surface area contributed by atoms with Gasteiger partial charge in [-0.15, -0.1) is 0 Å². The van der Waals surface area contributed by atoms with Crippen LogP contribution in [0.3, 0.4) is 0 Å². The van der Waals surface area contributed by atoms with Gasteiger partial charge in [-0.25, -0.2) is 0 Å². The summed E-state index contributed by atoms with van der Waals surface area (Å²) in [5.74, 6) is 0.895. The topological polar surface area (TPSA) is 15.3 Å². The van der Waals surface area contributed by atoms with Crippen LogP contribution < -0.4 is 5.32 Å². The van der Waals surface area contributed by atoms with Crippen molar-refractivity contribution >= 4 is 0 Å². The summed E-state index contributed by atoms with van der Waals surface area (Å²) in [6, 6.07) is 0.800. The van der Waals surface area contributed by atoms with Gasteiger partial charge < -0.3 is 10.2 Å². The van der Waals surface area contributed by atoms with Gasteiger partial charge in [-0.2, -0.15) is 0 Å². The van der Waals surface area contributed by atoms with Crippen LogP contribution in [0, 0.1) is 5.92 Å². The molecule has 1 heterocycles. The van der Waals surface area contributed by atoms with Gasteiger partial charge in [0.2, 0.25) is 0 Å². The summed E-state index contributed by atoms with van der Waals surface area (Å²) in [5, 5.41) is 3.81. The number of rotatable bonds is 4. The zero-order chi connectivity index (χ0) is 12.6. The molecule has 0 aromatic rings. The molecule has 2 aliphatic rings. The highest BCUT2D eigenvalue weighted by Gasteiger charge is 2.20. The van der Waals surface area contributed by atoms with Crippen molar-refractivity contribution in [3.05, 3.63) is 0 Å². The van der Waals surface area contributed by atoms with Gasteiger partial charge in [0, 0.05) is 19.1 Å². The number of likely N-dealkylation sites (tertiary alicyclic amines) is 1. The van der Waals surface area contributed by atoms with E-state index < -0.39 is 0 Å². The normalized spacial score (nSPS) is 31.8. The van der Waals surface area contributed by atoms with Crippen molar-refractivity contribution in [2.75, 3.05) is 26.2 Å². The van der Waals surface area contributed by atoms with E-state index in [0.717, 1.165) is 12.0 Å². The molecule has 2 heteroatoms. The maximum Gasteiger partial charge on any atom is 0.0107 e. The van der Waals surface area contributed by atoms with Gasteiger partial charge >= 0.3 is 0 Å². The van der Waals surface area contributed by atoms with E-state index in [1.165, 1.54) is 84.0 Å². The van der Waals surface area contributed by atoms with E-state index in [1.807, 2.05) is 0 Å². The van der Waals surface area contributed by atoms with Crippen molar-refractivity contribution in [1.29, 1.82) is 0 Å². The highest BCUT2D eigenvalue weighted by atomic mass is 15.1. The third-order valence-corrected chi connectivity index (χ3v) is 4.89. The van der Waals surface area contributed by atoms with Gasteiger partial charge in [-0.1, -0.05) is 39.0 Å². The van der Waals surface area contributed by atoms with Crippen LogP contribution in [-0.2, 0) is 0 Å². The van der Waals surface area contributed by atoms with Gasteiger partial charge in [-0.05, 0) is 44.7 Å². The second-order valence-corrected chi connectivity index (χ2v) is 6.43. The predicted octanol–water partition coefficient (Wildman–Crippen LogP) is 3.42. The molecule has 1 aliphatic carbocycles. The molecule has 106 valence electrons. The summed E-state index contributed by atoms with van der Waals surface area (Å²) in [5.41, 5.74) is 0. The zero-order valence-corrected chi connectivity index (χ0v) is 12.3. The number of hydrogen-bond donors (Lipinski definition) is 1. The number of nitrogens with zero attached hydrogens (tertiary/aromatic N) is 1. The Morgan fingerprint density at radius 1 is 0.889 bits per heavy atom. The number of nitrogens with one attached hydrogen (secondary N) is 1. The molecule has 18 heavy (non-hydrogen) atoms. The van der Waals surface area contributed by atoms with Gasteiger partial charge in [0.1, 0.15) is 0 Å². The van der Waals surface area contributed by atoms with Gasteiger partial charge in [0.25, 0.3) is 0 Å². The maximum absolute atomic E-state index is 3.81. The van der Waals surface area contributed by atoms with Gasteiger partial charge in [0.15, 0.2) is 0 Å². The van der Waals surface area contributed by atoms with E-state index in [0.29, 0.717) is 0 Å². The summed E-state index contributed by atoms with van der Waals surface area (Å²) < 4.78 is 0. The summed E-state index contributed by atoms with van der Waals surface area (Å²) in [6.07, 6.45) is 12.9. The average molecular weight is 252 g/mol. The van der Waals surface area contributed by atoms with Crippen LogP contribution in [0.2, 0.25) is 0 Å². The first-order chi connectivity index (χ1) is 8.86. The fourth-order valence-corrected chi connectivity index (χ4v) is 3.56. The summed E-state index contributed by atoms with van der Waals surface area (Å²) in [7, 11) is 0. The van der Waals surface area contributed by atoms with E-state index in [2.05, 4.69) is 17.1 Å². The molecule has 2 nitrogen and oxygen atoms in total. The Morgan fingerprint density at radius 3 is 2.28 bits per heavy atom. The van der Waals surface area contributed by atoms with Crippen molar-refractivity contribution in [2.45, 2.75) is 70.8 Å². The summed E-state index contributed by atoms with van der Waals surface area (Å²) in [4.78, 5) is 2.68. The Kier molecular flexibility index (Phi) is 6.50. The van der Waals surface area contributed by atoms with E-state index in [1.54, 1.807) is 0 Å². The lowest BCUT2D eigenvalue weighted by atomic mass is 9.86. The second kappa shape index (κ2) is 8.16. The Hall–Kier alpha value is -0.0800. The summed E-state index contributed by atoms with van der Waals surface area (Å²) >= 11 is 0. The minimum atomic E-state index is 0.800. The van der Waals surface area contributed by atoms with Crippen LogP contribution in [0.4, 0.5) is 0 Å². The third-order valence-electron chi connectivity index (χ3n) is 4.89. The fraction of sp³-hybridized carbons (Fsp3) is 1.00. The molecule has 2 rings (SSSR count). The molecule has 2 atom stereocenters. The molecular weight excluding hydrogens is 220 g/mol. The maximum atomic E-state index is 3.81. The summed E-state index contributed by atoms with van der Waals surface area (Å²) in [6.45, 7) is 7.56. The second-order valence-electron chi connectivity index (χ2n) is 6.43. The van der Waals surface area contributed by atoms with Crippen molar-refractivity contribution in [1.82, 2.24) is 10.2 Å². The highest BCUT2D eigenvalue weighted by molar-refractivity contribution is 4.78. The lowest BCUT2D eigenvalue weighted by Crippen LogP contribution is -2.42. The van der Waals surface area contributed by atoms with Crippen molar-refractivity contribution in [2.24, 2.45) is 5.92 Å². The van der Waals surface area contributed by atoms with Gasteiger partial charge in [-0.3, -0.25) is 0 Å². The molecule has 0 bridgehead atoms. The minimum absolute atomic E-state index is 0.800. The fourth-order valence-electron chi connectivity index (χ4n) is 3.56. The molecule has 0 amide bonds. The zero-order valence-electron chi connectivity index (χ0n) is 12.3. The van der Waals surface area contributed by atoms with Crippen molar-refractivity contribution < 1.29 is 0 Å². The van der Waals surface area contributed by atoms with Crippen LogP contribution in [0.15, 0.2) is 0 Å². The van der Waals surface area contributed by atoms with E-state index in [4.69, 9.17) is 0 Å². The van der Waals surface area contributed by atoms with Crippen LogP contribution >= 0.6 is 0 Å². The van der Waals surface area contributed by atoms with Crippen LogP contribution in [-0.4, -0.2) is 37.1 Å². The Balaban J connectivity index is 1.61. The smallest absolute Gasteiger partial charge is 0.0107 e. The van der Waals surface area contributed by atoms with Crippen LogP contribution in [0.5, 0.6) is 0 Å². The SMILES string of the molecule is CC1CCCCC1NCCN1CCCCCCC1. The van der Waals surface area contributed by atoms with Crippen LogP contribution in [0.1, 0.15) is 64.7 Å². The third kappa shape index (κ3) is 4.89. The highest BCUT2D eigenvalue weighted by Crippen LogP contribution is 2.23. The first-order valence-corrected chi connectivity index (χ1v) is 8.32. The van der Waals surface area contributed by atoms with E-state index >= 15 is 0 Å². The molecule has 2 fully saturated rings. The van der Waals surface area contributed by atoms with Crippen LogP contribution in [0.25, 0.3) is 0 Å². The van der Waals surface area contributed by atoms with Crippen molar-refractivity contribution in [3.8, 4) is 0 Å². The molecule has 1 N–H and O–H groups in total. The molecule has 0 aromatic carbocycles. The molecule has 2 unspecified atom stereocenters. The Labute approximate surface area is 114 Å². The van der Waals surface area contributed by atoms with Crippen molar-refractivity contribution in [3.63, 3.8) is 0 Å². The molecule has 0 aromatic heterocycles. The molecule has 0 radical (unpaired) electrons. The molecule has 0 spiro atoms. The standard InChI is InChI=1S/C16H32N2/c1-15-9-5-6-10-16(15)17-11-14-18-12-7-3-2-4-8-13-18/h15-17H,2-14H2,1H3. The molecule has 1 saturated heterocycles. The molecule has 1 aliphatic heterocycles. The molecule has 1 saturated carbocycles. The van der Waals surface area contributed by atoms with E-state index in [9.17, 15) is 0 Å². The van der Waals surface area contributed by atoms with Gasteiger partial charge in [0.05, 0.1) is 0 Å². The van der Waals surface area contributed by atoms with E-state index in [-0.39, 0.29) is 0 Å². The predicted molar refractivity (Wildman–Crippen MR) is 78.9 cm³/mol. The first-order valence-electron chi connectivity index (χ1n) is 8.32. The quantitative estimate of drug-likeness (QED) is 0.825. The Bertz CT molecular complexity index is 209. The number of hydrogen-bond acceptors (Lipinski definition) is 2. The first kappa shape index (κ1) is 14.3. The lowest BCUT2D eigenvalue weighted by Gasteiger charge is -2.31. The monoisotopic (exact) mass is 252 g/mol. The lowest BCUT2D eigenvalue weighted by molar-refractivity contribution is 0.226. The average Bonchev–Trinajstić information content (AvgIpc) is 2.34. The Morgan fingerprint density at radius 2 is 1.56 bits per heavy atom. The minimum Gasteiger partial charge on any atom is -0.312 e. The molecular formula is C16H32N2.